The molecule has 120 valence electrons. The molecule has 0 fully saturated rings. The van der Waals surface area contributed by atoms with E-state index in [1.54, 1.807) is 54.6 Å². The van der Waals surface area contributed by atoms with Crippen molar-refractivity contribution in [2.75, 3.05) is 17.2 Å². The maximum Gasteiger partial charge on any atom is 0.319 e. The molecule has 6 nitrogen and oxygen atoms in total. The zero-order valence-electron chi connectivity index (χ0n) is 12.9. The van der Waals surface area contributed by atoms with E-state index >= 15 is 0 Å². The molecule has 2 aromatic rings. The molecule has 0 aliphatic heterocycles. The lowest BCUT2D eigenvalue weighted by Gasteiger charge is -2.08. The molecule has 0 saturated carbocycles. The summed E-state index contributed by atoms with van der Waals surface area (Å²) in [4.78, 5) is 23.6. The van der Waals surface area contributed by atoms with E-state index in [-0.39, 0.29) is 11.9 Å². The average Bonchev–Trinajstić information content (AvgIpc) is 2.61. The summed E-state index contributed by atoms with van der Waals surface area (Å²) in [5.74, 6) is -0.274. The van der Waals surface area contributed by atoms with Gasteiger partial charge in [-0.05, 0) is 48.5 Å². The van der Waals surface area contributed by atoms with Crippen molar-refractivity contribution in [3.8, 4) is 6.07 Å². The van der Waals surface area contributed by atoms with Crippen molar-refractivity contribution >= 4 is 23.3 Å². The summed E-state index contributed by atoms with van der Waals surface area (Å²) in [7, 11) is 0. The lowest BCUT2D eigenvalue weighted by molar-refractivity contribution is 0.102. The number of rotatable bonds is 5. The Morgan fingerprint density at radius 2 is 1.58 bits per heavy atom. The Kier molecular flexibility index (Phi) is 5.70. The maximum absolute atomic E-state index is 12.1. The number of hydrogen-bond acceptors (Lipinski definition) is 3. The van der Waals surface area contributed by atoms with Gasteiger partial charge in [-0.2, -0.15) is 5.26 Å². The second-order valence-electron chi connectivity index (χ2n) is 4.84. The zero-order chi connectivity index (χ0) is 17.4. The third-order valence-corrected chi connectivity index (χ3v) is 3.08. The third kappa shape index (κ3) is 4.71. The highest BCUT2D eigenvalue weighted by atomic mass is 16.2. The van der Waals surface area contributed by atoms with Gasteiger partial charge in [0.25, 0.3) is 5.91 Å². The van der Waals surface area contributed by atoms with Crippen LogP contribution >= 0.6 is 0 Å². The van der Waals surface area contributed by atoms with Gasteiger partial charge in [-0.1, -0.05) is 6.08 Å². The number of carbonyl (C=O) groups excluding carboxylic acids is 2. The highest BCUT2D eigenvalue weighted by Crippen LogP contribution is 2.15. The number of nitrogens with one attached hydrogen (secondary N) is 3. The van der Waals surface area contributed by atoms with Crippen LogP contribution in [-0.2, 0) is 0 Å². The molecule has 24 heavy (non-hydrogen) atoms. The van der Waals surface area contributed by atoms with Gasteiger partial charge in [0, 0.05) is 23.5 Å². The van der Waals surface area contributed by atoms with Crippen LogP contribution in [0.1, 0.15) is 15.9 Å². The molecule has 0 radical (unpaired) electrons. The molecule has 0 spiro atoms. The summed E-state index contributed by atoms with van der Waals surface area (Å²) in [5.41, 5.74) is 2.16. The Hall–Kier alpha value is -3.59. The van der Waals surface area contributed by atoms with Gasteiger partial charge >= 0.3 is 6.03 Å². The van der Waals surface area contributed by atoms with E-state index in [9.17, 15) is 9.59 Å². The van der Waals surface area contributed by atoms with Crippen molar-refractivity contribution < 1.29 is 9.59 Å². The number of hydrogen-bond donors (Lipinski definition) is 3. The normalized spacial score (nSPS) is 9.46. The van der Waals surface area contributed by atoms with Crippen LogP contribution in [0.5, 0.6) is 0 Å². The van der Waals surface area contributed by atoms with Gasteiger partial charge in [0.15, 0.2) is 0 Å². The van der Waals surface area contributed by atoms with E-state index in [4.69, 9.17) is 5.26 Å². The number of anilines is 2. The van der Waals surface area contributed by atoms with Crippen LogP contribution in [0.25, 0.3) is 0 Å². The average molecular weight is 320 g/mol. The minimum atomic E-state index is -0.329. The first kappa shape index (κ1) is 16.8. The van der Waals surface area contributed by atoms with Crippen molar-refractivity contribution in [2.45, 2.75) is 0 Å². The number of carbonyl (C=O) groups is 2. The molecule has 3 N–H and O–H groups in total. The molecule has 0 aliphatic carbocycles. The highest BCUT2D eigenvalue weighted by molar-refractivity contribution is 6.04. The lowest BCUT2D eigenvalue weighted by atomic mass is 10.1. The van der Waals surface area contributed by atoms with Gasteiger partial charge in [-0.3, -0.25) is 4.79 Å². The van der Waals surface area contributed by atoms with E-state index < -0.39 is 0 Å². The largest absolute Gasteiger partial charge is 0.334 e. The fourth-order valence-corrected chi connectivity index (χ4v) is 1.88. The Labute approximate surface area is 139 Å². The first-order valence-electron chi connectivity index (χ1n) is 7.19. The zero-order valence-corrected chi connectivity index (χ0v) is 12.9. The maximum atomic E-state index is 12.1. The van der Waals surface area contributed by atoms with Crippen LogP contribution in [0.4, 0.5) is 16.2 Å². The summed E-state index contributed by atoms with van der Waals surface area (Å²) in [5, 5.41) is 16.8. The molecule has 2 aromatic carbocycles. The standard InChI is InChI=1S/C18H16N4O2/c1-2-11-20-18(24)22-16-9-7-15(8-10-16)21-17(23)14-5-3-13(12-19)4-6-14/h2-10H,1,11H2,(H,21,23)(H2,20,22,24). The summed E-state index contributed by atoms with van der Waals surface area (Å²) >= 11 is 0. The fourth-order valence-electron chi connectivity index (χ4n) is 1.88. The Balaban J connectivity index is 1.95. The first-order chi connectivity index (χ1) is 11.6. The Bertz CT molecular complexity index is 774. The minimum absolute atomic E-state index is 0.274. The number of urea groups is 1. The molecule has 0 aromatic heterocycles. The predicted octanol–water partition coefficient (Wildman–Crippen LogP) is 3.12. The van der Waals surface area contributed by atoms with Crippen molar-refractivity contribution in [3.63, 3.8) is 0 Å². The lowest BCUT2D eigenvalue weighted by Crippen LogP contribution is -2.28. The predicted molar refractivity (Wildman–Crippen MR) is 92.8 cm³/mol. The first-order valence-corrected chi connectivity index (χ1v) is 7.19. The molecule has 6 heteroatoms. The summed E-state index contributed by atoms with van der Waals surface area (Å²) in [6, 6.07) is 14.8. The molecular weight excluding hydrogens is 304 g/mol. The Morgan fingerprint density at radius 1 is 1.00 bits per heavy atom. The van der Waals surface area contributed by atoms with Crippen LogP contribution in [0, 0.1) is 11.3 Å². The van der Waals surface area contributed by atoms with Gasteiger partial charge in [0.2, 0.25) is 0 Å². The fraction of sp³-hybridized carbons (Fsp3) is 0.0556. The molecule has 0 saturated heterocycles. The molecule has 0 aliphatic rings. The van der Waals surface area contributed by atoms with Gasteiger partial charge in [-0.15, -0.1) is 6.58 Å². The molecule has 0 heterocycles. The number of benzene rings is 2. The molecule has 2 rings (SSSR count). The van der Waals surface area contributed by atoms with Crippen LogP contribution < -0.4 is 16.0 Å². The topological polar surface area (TPSA) is 94.0 Å². The van der Waals surface area contributed by atoms with Crippen LogP contribution in [-0.4, -0.2) is 18.5 Å². The molecule has 0 atom stereocenters. The van der Waals surface area contributed by atoms with Crippen LogP contribution in [0.2, 0.25) is 0 Å². The van der Waals surface area contributed by atoms with Gasteiger partial charge in [-0.25, -0.2) is 4.79 Å². The van der Waals surface area contributed by atoms with E-state index in [1.807, 2.05) is 6.07 Å². The number of nitrogens with zero attached hydrogens (tertiary/aromatic N) is 1. The van der Waals surface area contributed by atoms with Crippen molar-refractivity contribution in [1.29, 1.82) is 5.26 Å². The Morgan fingerprint density at radius 3 is 2.12 bits per heavy atom. The van der Waals surface area contributed by atoms with Crippen molar-refractivity contribution in [3.05, 3.63) is 72.3 Å². The monoisotopic (exact) mass is 320 g/mol. The summed E-state index contributed by atoms with van der Waals surface area (Å²) in [6.45, 7) is 3.89. The highest BCUT2D eigenvalue weighted by Gasteiger charge is 2.06. The smallest absolute Gasteiger partial charge is 0.319 e. The van der Waals surface area contributed by atoms with Crippen LogP contribution in [0.3, 0.4) is 0 Å². The molecule has 0 unspecified atom stereocenters. The second kappa shape index (κ2) is 8.15. The van der Waals surface area contributed by atoms with Gasteiger partial charge < -0.3 is 16.0 Å². The number of amides is 3. The van der Waals surface area contributed by atoms with E-state index in [2.05, 4.69) is 22.5 Å². The van der Waals surface area contributed by atoms with E-state index in [0.717, 1.165) is 0 Å². The van der Waals surface area contributed by atoms with E-state index in [1.165, 1.54) is 0 Å². The van der Waals surface area contributed by atoms with Crippen molar-refractivity contribution in [2.24, 2.45) is 0 Å². The van der Waals surface area contributed by atoms with Gasteiger partial charge in [0.05, 0.1) is 11.6 Å². The minimum Gasteiger partial charge on any atom is -0.334 e. The van der Waals surface area contributed by atoms with E-state index in [0.29, 0.717) is 29.0 Å². The van der Waals surface area contributed by atoms with Crippen LogP contribution in [0.15, 0.2) is 61.2 Å². The molecular formula is C18H16N4O2. The summed E-state index contributed by atoms with van der Waals surface area (Å²) in [6.07, 6.45) is 1.58. The van der Waals surface area contributed by atoms with Crippen molar-refractivity contribution in [1.82, 2.24) is 5.32 Å². The molecule has 0 bridgehead atoms. The second-order valence-corrected chi connectivity index (χ2v) is 4.84. The quantitative estimate of drug-likeness (QED) is 0.739. The summed E-state index contributed by atoms with van der Waals surface area (Å²) < 4.78 is 0. The number of nitriles is 1. The SMILES string of the molecule is C=CCNC(=O)Nc1ccc(NC(=O)c2ccc(C#N)cc2)cc1. The molecule has 3 amide bonds. The third-order valence-electron chi connectivity index (χ3n) is 3.08. The van der Waals surface area contributed by atoms with Gasteiger partial charge in [0.1, 0.15) is 0 Å².